The summed E-state index contributed by atoms with van der Waals surface area (Å²) < 4.78 is 0. The van der Waals surface area contributed by atoms with Gasteiger partial charge in [-0.2, -0.15) is 0 Å². The van der Waals surface area contributed by atoms with E-state index < -0.39 is 0 Å². The molecule has 1 N–H and O–H groups in total. The summed E-state index contributed by atoms with van der Waals surface area (Å²) >= 11 is 0. The summed E-state index contributed by atoms with van der Waals surface area (Å²) in [5.74, 6) is 0.516. The Hall–Kier alpha value is -0.300. The van der Waals surface area contributed by atoms with Gasteiger partial charge in [0, 0.05) is 0 Å². The third-order valence-corrected chi connectivity index (χ3v) is 2.09. The summed E-state index contributed by atoms with van der Waals surface area (Å²) in [7, 11) is 0. The molecule has 0 spiro atoms. The van der Waals surface area contributed by atoms with Crippen molar-refractivity contribution in [3.63, 3.8) is 0 Å². The van der Waals surface area contributed by atoms with Crippen molar-refractivity contribution in [1.82, 2.24) is 0 Å². The molecule has 0 bridgehead atoms. The van der Waals surface area contributed by atoms with Crippen LogP contribution in [0.3, 0.4) is 0 Å². The van der Waals surface area contributed by atoms with Crippen LogP contribution < -0.4 is 0 Å². The Balaban J connectivity index is 2.30. The predicted octanol–water partition coefficient (Wildman–Crippen LogP) is 1.72. The van der Waals surface area contributed by atoms with Crippen molar-refractivity contribution in [2.24, 2.45) is 5.92 Å². The van der Waals surface area contributed by atoms with Crippen LogP contribution in [0.5, 0.6) is 0 Å². The van der Waals surface area contributed by atoms with Crippen LogP contribution in [0.4, 0.5) is 0 Å². The van der Waals surface area contributed by atoms with Crippen LogP contribution in [0.2, 0.25) is 0 Å². The van der Waals surface area contributed by atoms with Crippen LogP contribution in [0.15, 0.2) is 12.7 Å². The molecule has 1 nitrogen and oxygen atoms in total. The SMILES string of the molecule is C=CC[C@@H]1CCC[C@H]1O. The van der Waals surface area contributed by atoms with Gasteiger partial charge in [0.15, 0.2) is 0 Å². The third-order valence-electron chi connectivity index (χ3n) is 2.09. The number of aliphatic hydroxyl groups is 1. The number of hydrogen-bond acceptors (Lipinski definition) is 1. The van der Waals surface area contributed by atoms with Crippen molar-refractivity contribution in [1.29, 1.82) is 0 Å². The minimum Gasteiger partial charge on any atom is -0.393 e. The van der Waals surface area contributed by atoms with Gasteiger partial charge in [0.25, 0.3) is 0 Å². The predicted molar refractivity (Wildman–Crippen MR) is 38.2 cm³/mol. The highest BCUT2D eigenvalue weighted by atomic mass is 16.3. The van der Waals surface area contributed by atoms with E-state index in [4.69, 9.17) is 0 Å². The molecule has 0 heterocycles. The van der Waals surface area contributed by atoms with Crippen molar-refractivity contribution in [3.05, 3.63) is 12.7 Å². The fourth-order valence-electron chi connectivity index (χ4n) is 1.51. The first-order valence-electron chi connectivity index (χ1n) is 3.63. The monoisotopic (exact) mass is 126 g/mol. The van der Waals surface area contributed by atoms with E-state index in [2.05, 4.69) is 6.58 Å². The molecule has 0 aromatic carbocycles. The van der Waals surface area contributed by atoms with Gasteiger partial charge in [-0.15, -0.1) is 6.58 Å². The van der Waals surface area contributed by atoms with Gasteiger partial charge in [0.2, 0.25) is 0 Å². The number of rotatable bonds is 2. The van der Waals surface area contributed by atoms with Crippen molar-refractivity contribution in [3.8, 4) is 0 Å². The Labute approximate surface area is 56.4 Å². The zero-order valence-corrected chi connectivity index (χ0v) is 5.71. The Morgan fingerprint density at radius 2 is 2.33 bits per heavy atom. The standard InChI is InChI=1S/C8H14O/c1-2-4-7-5-3-6-8(7)9/h2,7-9H,1,3-6H2/t7-,8-/m1/s1. The lowest BCUT2D eigenvalue weighted by Gasteiger charge is -2.09. The Bertz CT molecular complexity index is 98.7. The summed E-state index contributed by atoms with van der Waals surface area (Å²) in [5.41, 5.74) is 0. The molecule has 1 aliphatic rings. The molecule has 0 aromatic heterocycles. The maximum absolute atomic E-state index is 9.27. The molecule has 0 aliphatic heterocycles. The van der Waals surface area contributed by atoms with E-state index in [-0.39, 0.29) is 6.10 Å². The molecule has 9 heavy (non-hydrogen) atoms. The van der Waals surface area contributed by atoms with E-state index in [0.717, 1.165) is 12.8 Å². The van der Waals surface area contributed by atoms with E-state index in [1.54, 1.807) is 0 Å². The lowest BCUT2D eigenvalue weighted by Crippen LogP contribution is -2.11. The van der Waals surface area contributed by atoms with Gasteiger partial charge in [-0.05, 0) is 25.2 Å². The maximum atomic E-state index is 9.27. The van der Waals surface area contributed by atoms with Gasteiger partial charge in [-0.25, -0.2) is 0 Å². The molecule has 0 aromatic rings. The second-order valence-electron chi connectivity index (χ2n) is 2.78. The smallest absolute Gasteiger partial charge is 0.0571 e. The van der Waals surface area contributed by atoms with Crippen LogP contribution >= 0.6 is 0 Å². The van der Waals surface area contributed by atoms with E-state index in [9.17, 15) is 5.11 Å². The number of aliphatic hydroxyl groups excluding tert-OH is 1. The van der Waals surface area contributed by atoms with Gasteiger partial charge in [0.1, 0.15) is 0 Å². The molecule has 0 amide bonds. The first kappa shape index (κ1) is 6.81. The zero-order valence-electron chi connectivity index (χ0n) is 5.71. The lowest BCUT2D eigenvalue weighted by atomic mass is 10.0. The van der Waals surface area contributed by atoms with Crippen molar-refractivity contribution >= 4 is 0 Å². The maximum Gasteiger partial charge on any atom is 0.0571 e. The number of allylic oxidation sites excluding steroid dienone is 1. The molecule has 2 atom stereocenters. The normalized spacial score (nSPS) is 34.8. The molecule has 0 unspecified atom stereocenters. The molecular formula is C8H14O. The highest BCUT2D eigenvalue weighted by Gasteiger charge is 2.23. The average Bonchev–Trinajstić information content (AvgIpc) is 2.18. The minimum atomic E-state index is -0.0389. The first-order chi connectivity index (χ1) is 4.34. The van der Waals surface area contributed by atoms with Gasteiger partial charge >= 0.3 is 0 Å². The second-order valence-corrected chi connectivity index (χ2v) is 2.78. The highest BCUT2D eigenvalue weighted by Crippen LogP contribution is 2.27. The van der Waals surface area contributed by atoms with E-state index in [1.165, 1.54) is 12.8 Å². The molecule has 52 valence electrons. The zero-order chi connectivity index (χ0) is 6.69. The van der Waals surface area contributed by atoms with Crippen LogP contribution in [0, 0.1) is 5.92 Å². The van der Waals surface area contributed by atoms with Gasteiger partial charge in [0.05, 0.1) is 6.10 Å². The van der Waals surface area contributed by atoms with Gasteiger partial charge < -0.3 is 5.11 Å². The molecule has 1 heteroatoms. The fraction of sp³-hybridized carbons (Fsp3) is 0.750. The molecule has 1 fully saturated rings. The van der Waals surface area contributed by atoms with E-state index in [0.29, 0.717) is 5.92 Å². The topological polar surface area (TPSA) is 20.2 Å². The summed E-state index contributed by atoms with van der Waals surface area (Å²) in [6.45, 7) is 3.65. The largest absolute Gasteiger partial charge is 0.393 e. The van der Waals surface area contributed by atoms with Crippen LogP contribution in [0.1, 0.15) is 25.7 Å². The highest BCUT2D eigenvalue weighted by molar-refractivity contribution is 4.82. The Kier molecular flexibility index (Phi) is 2.29. The summed E-state index contributed by atoms with van der Waals surface area (Å²) in [6, 6.07) is 0. The fourth-order valence-corrected chi connectivity index (χ4v) is 1.51. The molecule has 0 saturated heterocycles. The summed E-state index contributed by atoms with van der Waals surface area (Å²) in [5, 5.41) is 9.27. The van der Waals surface area contributed by atoms with E-state index in [1.807, 2.05) is 6.08 Å². The van der Waals surface area contributed by atoms with Gasteiger partial charge in [-0.1, -0.05) is 12.5 Å². The molecule has 1 saturated carbocycles. The third kappa shape index (κ3) is 1.55. The Morgan fingerprint density at radius 1 is 1.56 bits per heavy atom. The van der Waals surface area contributed by atoms with Crippen LogP contribution in [-0.2, 0) is 0 Å². The second kappa shape index (κ2) is 3.02. The minimum absolute atomic E-state index is 0.0389. The molecular weight excluding hydrogens is 112 g/mol. The number of hydrogen-bond donors (Lipinski definition) is 1. The molecule has 1 aliphatic carbocycles. The molecule has 0 radical (unpaired) electrons. The van der Waals surface area contributed by atoms with Crippen molar-refractivity contribution in [2.45, 2.75) is 31.8 Å². The summed E-state index contributed by atoms with van der Waals surface area (Å²) in [6.07, 6.45) is 6.23. The van der Waals surface area contributed by atoms with Crippen LogP contribution in [-0.4, -0.2) is 11.2 Å². The van der Waals surface area contributed by atoms with Gasteiger partial charge in [-0.3, -0.25) is 0 Å². The lowest BCUT2D eigenvalue weighted by molar-refractivity contribution is 0.134. The molecule has 1 rings (SSSR count). The Morgan fingerprint density at radius 3 is 2.78 bits per heavy atom. The first-order valence-corrected chi connectivity index (χ1v) is 3.63. The average molecular weight is 126 g/mol. The van der Waals surface area contributed by atoms with Crippen molar-refractivity contribution in [2.75, 3.05) is 0 Å². The van der Waals surface area contributed by atoms with Crippen molar-refractivity contribution < 1.29 is 5.11 Å². The summed E-state index contributed by atoms with van der Waals surface area (Å²) in [4.78, 5) is 0. The van der Waals surface area contributed by atoms with Crippen LogP contribution in [0.25, 0.3) is 0 Å². The van der Waals surface area contributed by atoms with E-state index >= 15 is 0 Å². The quantitative estimate of drug-likeness (QED) is 0.558.